The van der Waals surface area contributed by atoms with E-state index < -0.39 is 0 Å². The number of nitrogens with zero attached hydrogens (tertiary/aromatic N) is 4. The third kappa shape index (κ3) is 0.768. The Morgan fingerprint density at radius 2 is 2.33 bits per heavy atom. The molecule has 0 fully saturated rings. The lowest BCUT2D eigenvalue weighted by Crippen LogP contribution is -1.86. The van der Waals surface area contributed by atoms with Gasteiger partial charge in [-0.3, -0.25) is 0 Å². The van der Waals surface area contributed by atoms with E-state index in [0.717, 1.165) is 5.52 Å². The highest BCUT2D eigenvalue weighted by Gasteiger charge is 2.04. The van der Waals surface area contributed by atoms with E-state index in [0.29, 0.717) is 11.2 Å². The molecule has 0 bridgehead atoms. The van der Waals surface area contributed by atoms with Crippen LogP contribution in [-0.4, -0.2) is 14.5 Å². The Morgan fingerprint density at radius 3 is 3.08 bits per heavy atom. The van der Waals surface area contributed by atoms with Gasteiger partial charge in [-0.25, -0.2) is 9.97 Å². The van der Waals surface area contributed by atoms with Crippen molar-refractivity contribution in [1.82, 2.24) is 14.5 Å². The van der Waals surface area contributed by atoms with Crippen LogP contribution in [0, 0.1) is 11.3 Å². The molecular weight excluding hydrogens is 152 g/mol. The zero-order valence-electron chi connectivity index (χ0n) is 6.52. The van der Waals surface area contributed by atoms with Gasteiger partial charge in [-0.2, -0.15) is 5.26 Å². The van der Waals surface area contributed by atoms with Crippen molar-refractivity contribution in [2.45, 2.75) is 0 Å². The Labute approximate surface area is 69.1 Å². The number of nitriles is 1. The first kappa shape index (κ1) is 6.80. The van der Waals surface area contributed by atoms with E-state index in [-0.39, 0.29) is 0 Å². The maximum atomic E-state index is 8.68. The number of aromatic nitrogens is 3. The molecule has 4 nitrogen and oxygen atoms in total. The minimum Gasteiger partial charge on any atom is -0.334 e. The SMILES string of the molecule is Cn1cnc2c(C#N)nccc21. The number of fused-ring (bicyclic) bond motifs is 1. The van der Waals surface area contributed by atoms with Crippen LogP contribution in [0.15, 0.2) is 18.6 Å². The molecule has 0 atom stereocenters. The molecule has 0 aliphatic carbocycles. The number of rotatable bonds is 0. The second-order valence-corrected chi connectivity index (χ2v) is 2.49. The van der Waals surface area contributed by atoms with Crippen molar-refractivity contribution >= 4 is 11.0 Å². The first-order valence-electron chi connectivity index (χ1n) is 3.49. The average molecular weight is 158 g/mol. The number of aryl methyl sites for hydroxylation is 1. The molecule has 0 amide bonds. The van der Waals surface area contributed by atoms with Gasteiger partial charge in [-0.15, -0.1) is 0 Å². The Hall–Kier alpha value is -1.89. The quantitative estimate of drug-likeness (QED) is 0.570. The summed E-state index contributed by atoms with van der Waals surface area (Å²) in [5.74, 6) is 0. The van der Waals surface area contributed by atoms with Crippen LogP contribution >= 0.6 is 0 Å². The van der Waals surface area contributed by atoms with Crippen LogP contribution in [-0.2, 0) is 7.05 Å². The Morgan fingerprint density at radius 1 is 1.50 bits per heavy atom. The standard InChI is InChI=1S/C8H6N4/c1-12-5-11-8-6(4-9)10-3-2-7(8)12/h2-3,5H,1H3. The first-order chi connectivity index (χ1) is 5.83. The van der Waals surface area contributed by atoms with Gasteiger partial charge >= 0.3 is 0 Å². The predicted molar refractivity (Wildman–Crippen MR) is 43.2 cm³/mol. The maximum absolute atomic E-state index is 8.68. The summed E-state index contributed by atoms with van der Waals surface area (Å²) >= 11 is 0. The van der Waals surface area contributed by atoms with Crippen molar-refractivity contribution in [3.63, 3.8) is 0 Å². The summed E-state index contributed by atoms with van der Waals surface area (Å²) in [6.45, 7) is 0. The van der Waals surface area contributed by atoms with Gasteiger partial charge in [0.05, 0.1) is 11.8 Å². The van der Waals surface area contributed by atoms with Gasteiger partial charge in [0.1, 0.15) is 11.6 Å². The lowest BCUT2D eigenvalue weighted by Gasteiger charge is -1.92. The molecule has 0 spiro atoms. The molecule has 0 saturated heterocycles. The topological polar surface area (TPSA) is 54.5 Å². The van der Waals surface area contributed by atoms with Gasteiger partial charge in [0.2, 0.25) is 0 Å². The molecular formula is C8H6N4. The summed E-state index contributed by atoms with van der Waals surface area (Å²) in [5.41, 5.74) is 1.98. The van der Waals surface area contributed by atoms with Crippen LogP contribution in [0.1, 0.15) is 5.69 Å². The number of hydrogen-bond donors (Lipinski definition) is 0. The van der Waals surface area contributed by atoms with Crippen LogP contribution in [0.3, 0.4) is 0 Å². The fourth-order valence-corrected chi connectivity index (χ4v) is 1.14. The lowest BCUT2D eigenvalue weighted by atomic mass is 10.3. The Bertz CT molecular complexity index is 463. The Balaban J connectivity index is 2.92. The van der Waals surface area contributed by atoms with Crippen LogP contribution in [0.2, 0.25) is 0 Å². The number of imidazole rings is 1. The van der Waals surface area contributed by atoms with E-state index >= 15 is 0 Å². The molecule has 2 heterocycles. The third-order valence-electron chi connectivity index (χ3n) is 1.75. The van der Waals surface area contributed by atoms with E-state index in [1.54, 1.807) is 12.5 Å². The van der Waals surface area contributed by atoms with Crippen molar-refractivity contribution in [2.75, 3.05) is 0 Å². The molecule has 2 aromatic rings. The van der Waals surface area contributed by atoms with Crippen LogP contribution in [0.4, 0.5) is 0 Å². The fraction of sp³-hybridized carbons (Fsp3) is 0.125. The summed E-state index contributed by atoms with van der Waals surface area (Å²) in [7, 11) is 1.89. The van der Waals surface area contributed by atoms with Gasteiger partial charge < -0.3 is 4.57 Å². The average Bonchev–Trinajstić information content (AvgIpc) is 2.48. The second-order valence-electron chi connectivity index (χ2n) is 2.49. The molecule has 12 heavy (non-hydrogen) atoms. The van der Waals surface area contributed by atoms with Gasteiger partial charge in [-0.05, 0) is 6.07 Å². The highest BCUT2D eigenvalue weighted by Crippen LogP contribution is 2.12. The smallest absolute Gasteiger partial charge is 0.168 e. The lowest BCUT2D eigenvalue weighted by molar-refractivity contribution is 0.947. The molecule has 0 aliphatic rings. The van der Waals surface area contributed by atoms with E-state index in [9.17, 15) is 0 Å². The summed E-state index contributed by atoms with van der Waals surface area (Å²) in [6.07, 6.45) is 3.29. The highest BCUT2D eigenvalue weighted by atomic mass is 15.0. The molecule has 0 radical (unpaired) electrons. The fourth-order valence-electron chi connectivity index (χ4n) is 1.14. The van der Waals surface area contributed by atoms with E-state index in [1.807, 2.05) is 23.8 Å². The number of pyridine rings is 1. The van der Waals surface area contributed by atoms with Crippen molar-refractivity contribution < 1.29 is 0 Å². The zero-order valence-corrected chi connectivity index (χ0v) is 6.52. The molecule has 2 rings (SSSR count). The van der Waals surface area contributed by atoms with Gasteiger partial charge in [-0.1, -0.05) is 0 Å². The summed E-state index contributed by atoms with van der Waals surface area (Å²) in [5, 5.41) is 8.68. The molecule has 0 aromatic carbocycles. The summed E-state index contributed by atoms with van der Waals surface area (Å²) in [4.78, 5) is 7.97. The highest BCUT2D eigenvalue weighted by molar-refractivity contribution is 5.79. The van der Waals surface area contributed by atoms with Crippen molar-refractivity contribution in [1.29, 1.82) is 5.26 Å². The minimum atomic E-state index is 0.383. The van der Waals surface area contributed by atoms with E-state index in [4.69, 9.17) is 5.26 Å². The van der Waals surface area contributed by atoms with Crippen molar-refractivity contribution in [2.24, 2.45) is 7.05 Å². The summed E-state index contributed by atoms with van der Waals surface area (Å²) in [6, 6.07) is 3.83. The molecule has 2 aromatic heterocycles. The van der Waals surface area contributed by atoms with Crippen LogP contribution < -0.4 is 0 Å². The first-order valence-corrected chi connectivity index (χ1v) is 3.49. The van der Waals surface area contributed by atoms with Crippen molar-refractivity contribution in [3.05, 3.63) is 24.3 Å². The molecule has 4 heteroatoms. The molecule has 0 unspecified atom stereocenters. The largest absolute Gasteiger partial charge is 0.334 e. The summed E-state index contributed by atoms with van der Waals surface area (Å²) < 4.78 is 1.86. The van der Waals surface area contributed by atoms with Crippen LogP contribution in [0.25, 0.3) is 11.0 Å². The molecule has 0 saturated carbocycles. The van der Waals surface area contributed by atoms with E-state index in [1.165, 1.54) is 0 Å². The van der Waals surface area contributed by atoms with Crippen LogP contribution in [0.5, 0.6) is 0 Å². The number of hydrogen-bond acceptors (Lipinski definition) is 3. The minimum absolute atomic E-state index is 0.383. The predicted octanol–water partition coefficient (Wildman–Crippen LogP) is 0.840. The Kier molecular flexibility index (Phi) is 1.31. The van der Waals surface area contributed by atoms with E-state index in [2.05, 4.69) is 9.97 Å². The third-order valence-corrected chi connectivity index (χ3v) is 1.75. The maximum Gasteiger partial charge on any atom is 0.168 e. The van der Waals surface area contributed by atoms with Gasteiger partial charge in [0, 0.05) is 13.2 Å². The van der Waals surface area contributed by atoms with Gasteiger partial charge in [0.25, 0.3) is 0 Å². The normalized spacial score (nSPS) is 10.0. The monoisotopic (exact) mass is 158 g/mol. The zero-order chi connectivity index (χ0) is 8.55. The van der Waals surface area contributed by atoms with Crippen molar-refractivity contribution in [3.8, 4) is 6.07 Å². The molecule has 0 aliphatic heterocycles. The second kappa shape index (κ2) is 2.31. The molecule has 58 valence electrons. The molecule has 0 N–H and O–H groups in total. The van der Waals surface area contributed by atoms with Gasteiger partial charge in [0.15, 0.2) is 5.69 Å².